The summed E-state index contributed by atoms with van der Waals surface area (Å²) < 4.78 is 1.77. The van der Waals surface area contributed by atoms with Crippen molar-refractivity contribution in [1.82, 2.24) is 9.78 Å². The fourth-order valence-electron chi connectivity index (χ4n) is 1.89. The third-order valence-electron chi connectivity index (χ3n) is 2.63. The van der Waals surface area contributed by atoms with Gasteiger partial charge in [0, 0.05) is 11.4 Å². The predicted octanol–water partition coefficient (Wildman–Crippen LogP) is 2.62. The van der Waals surface area contributed by atoms with Crippen molar-refractivity contribution in [2.75, 3.05) is 0 Å². The molecule has 0 aliphatic rings. The van der Waals surface area contributed by atoms with E-state index < -0.39 is 5.97 Å². The summed E-state index contributed by atoms with van der Waals surface area (Å²) in [5, 5.41) is 14.5. The second kappa shape index (κ2) is 3.63. The number of rotatable bonds is 2. The van der Waals surface area contributed by atoms with Crippen LogP contribution in [0.2, 0.25) is 0 Å². The molecule has 1 aromatic carbocycles. The number of aryl methyl sites for hydroxylation is 1. The van der Waals surface area contributed by atoms with Gasteiger partial charge in [-0.1, -0.05) is 12.1 Å². The van der Waals surface area contributed by atoms with Gasteiger partial charge in [-0.25, -0.2) is 4.79 Å². The Kier molecular flexibility index (Phi) is 2.42. The fraction of sp³-hybridized carbons (Fsp3) is 0.333. The van der Waals surface area contributed by atoms with E-state index in [1.807, 2.05) is 26.8 Å². The van der Waals surface area contributed by atoms with Crippen molar-refractivity contribution in [1.29, 1.82) is 0 Å². The molecule has 0 unspecified atom stereocenters. The highest BCUT2D eigenvalue weighted by molar-refractivity contribution is 6.02. The summed E-state index contributed by atoms with van der Waals surface area (Å²) in [6.07, 6.45) is 0. The Balaban J connectivity index is 2.88. The maximum absolute atomic E-state index is 11.2. The first-order valence-electron chi connectivity index (χ1n) is 5.23. The van der Waals surface area contributed by atoms with Crippen molar-refractivity contribution in [2.45, 2.75) is 26.8 Å². The molecule has 0 spiro atoms. The fourth-order valence-corrected chi connectivity index (χ4v) is 1.89. The average molecular weight is 218 g/mol. The summed E-state index contributed by atoms with van der Waals surface area (Å²) in [6.45, 7) is 5.88. The molecular formula is C12H14N2O2. The lowest BCUT2D eigenvalue weighted by Gasteiger charge is -2.08. The maximum atomic E-state index is 11.2. The third-order valence-corrected chi connectivity index (χ3v) is 2.63. The molecule has 0 bridgehead atoms. The number of para-hydroxylation sites is 1. The predicted molar refractivity (Wildman–Crippen MR) is 61.8 cm³/mol. The first kappa shape index (κ1) is 10.7. The van der Waals surface area contributed by atoms with E-state index in [0.29, 0.717) is 11.1 Å². The van der Waals surface area contributed by atoms with Gasteiger partial charge in [-0.2, -0.15) is 5.10 Å². The number of fused-ring (bicyclic) bond motifs is 1. The number of carbonyl (C=O) groups is 1. The van der Waals surface area contributed by atoms with E-state index in [1.165, 1.54) is 0 Å². The summed E-state index contributed by atoms with van der Waals surface area (Å²) in [7, 11) is 0. The Labute approximate surface area is 93.5 Å². The highest BCUT2D eigenvalue weighted by Gasteiger charge is 2.16. The minimum Gasteiger partial charge on any atom is -0.478 e. The highest BCUT2D eigenvalue weighted by atomic mass is 16.4. The Morgan fingerprint density at radius 2 is 2.12 bits per heavy atom. The van der Waals surface area contributed by atoms with Crippen LogP contribution in [0.1, 0.15) is 35.9 Å². The molecule has 1 aromatic heterocycles. The zero-order chi connectivity index (χ0) is 11.9. The summed E-state index contributed by atoms with van der Waals surface area (Å²) in [5.74, 6) is -0.910. The molecule has 1 heterocycles. The Bertz CT molecular complexity index is 555. The van der Waals surface area contributed by atoms with Crippen molar-refractivity contribution in [3.8, 4) is 0 Å². The van der Waals surface area contributed by atoms with Crippen molar-refractivity contribution < 1.29 is 9.90 Å². The molecule has 4 nitrogen and oxygen atoms in total. The second-order valence-corrected chi connectivity index (χ2v) is 4.13. The smallest absolute Gasteiger partial charge is 0.337 e. The molecule has 0 aliphatic heterocycles. The van der Waals surface area contributed by atoms with Gasteiger partial charge in [-0.3, -0.25) is 4.68 Å². The van der Waals surface area contributed by atoms with Gasteiger partial charge in [-0.15, -0.1) is 0 Å². The Morgan fingerprint density at radius 1 is 1.44 bits per heavy atom. The van der Waals surface area contributed by atoms with Gasteiger partial charge in [0.05, 0.1) is 16.8 Å². The molecule has 2 aromatic rings. The molecule has 0 aliphatic carbocycles. The zero-order valence-electron chi connectivity index (χ0n) is 9.56. The van der Waals surface area contributed by atoms with Crippen LogP contribution in [0.15, 0.2) is 18.2 Å². The van der Waals surface area contributed by atoms with Crippen LogP contribution < -0.4 is 0 Å². The molecular weight excluding hydrogens is 204 g/mol. The van der Waals surface area contributed by atoms with Gasteiger partial charge in [0.15, 0.2) is 0 Å². The number of benzene rings is 1. The number of nitrogens with zero attached hydrogens (tertiary/aromatic N) is 2. The molecule has 16 heavy (non-hydrogen) atoms. The van der Waals surface area contributed by atoms with Gasteiger partial charge in [0.1, 0.15) is 0 Å². The number of hydrogen-bond acceptors (Lipinski definition) is 2. The highest BCUT2D eigenvalue weighted by Crippen LogP contribution is 2.24. The van der Waals surface area contributed by atoms with Crippen LogP contribution >= 0.6 is 0 Å². The first-order chi connectivity index (χ1) is 7.52. The molecule has 0 saturated carbocycles. The van der Waals surface area contributed by atoms with Gasteiger partial charge >= 0.3 is 5.97 Å². The van der Waals surface area contributed by atoms with Crippen LogP contribution in [0.4, 0.5) is 0 Å². The van der Waals surface area contributed by atoms with E-state index >= 15 is 0 Å². The molecule has 0 fully saturated rings. The largest absolute Gasteiger partial charge is 0.478 e. The summed E-state index contributed by atoms with van der Waals surface area (Å²) in [4.78, 5) is 11.2. The van der Waals surface area contributed by atoms with Crippen molar-refractivity contribution in [3.05, 3.63) is 29.5 Å². The van der Waals surface area contributed by atoms with Crippen molar-refractivity contribution >= 4 is 16.9 Å². The minimum absolute atomic E-state index is 0.150. The summed E-state index contributed by atoms with van der Waals surface area (Å²) in [6, 6.07) is 5.43. The van der Waals surface area contributed by atoms with Crippen molar-refractivity contribution in [3.63, 3.8) is 0 Å². The van der Waals surface area contributed by atoms with Crippen LogP contribution in [0.25, 0.3) is 10.9 Å². The van der Waals surface area contributed by atoms with Crippen LogP contribution in [0.3, 0.4) is 0 Å². The average Bonchev–Trinajstić information content (AvgIpc) is 2.56. The van der Waals surface area contributed by atoms with Gasteiger partial charge < -0.3 is 5.11 Å². The SMILES string of the molecule is Cc1nn(C(C)C)c2c(C(=O)O)cccc12. The monoisotopic (exact) mass is 218 g/mol. The van der Waals surface area contributed by atoms with Gasteiger partial charge in [0.2, 0.25) is 0 Å². The third kappa shape index (κ3) is 1.46. The lowest BCUT2D eigenvalue weighted by atomic mass is 10.1. The zero-order valence-corrected chi connectivity index (χ0v) is 9.56. The number of aromatic nitrogens is 2. The second-order valence-electron chi connectivity index (χ2n) is 4.13. The number of hydrogen-bond donors (Lipinski definition) is 1. The van der Waals surface area contributed by atoms with E-state index in [4.69, 9.17) is 5.11 Å². The lowest BCUT2D eigenvalue weighted by molar-refractivity contribution is 0.0698. The lowest BCUT2D eigenvalue weighted by Crippen LogP contribution is -2.07. The van der Waals surface area contributed by atoms with E-state index in [-0.39, 0.29) is 6.04 Å². The van der Waals surface area contributed by atoms with E-state index in [9.17, 15) is 4.79 Å². The van der Waals surface area contributed by atoms with Crippen LogP contribution in [0.5, 0.6) is 0 Å². The van der Waals surface area contributed by atoms with Gasteiger partial charge in [-0.05, 0) is 26.8 Å². The topological polar surface area (TPSA) is 55.1 Å². The van der Waals surface area contributed by atoms with Crippen LogP contribution in [-0.2, 0) is 0 Å². The van der Waals surface area contributed by atoms with E-state index in [1.54, 1.807) is 16.8 Å². The van der Waals surface area contributed by atoms with E-state index in [0.717, 1.165) is 11.1 Å². The standard InChI is InChI=1S/C12H14N2O2/c1-7(2)14-11-9(8(3)13-14)5-4-6-10(11)12(15)16/h4-7H,1-3H3,(H,15,16). The molecule has 4 heteroatoms. The van der Waals surface area contributed by atoms with Gasteiger partial charge in [0.25, 0.3) is 0 Å². The molecule has 84 valence electrons. The quantitative estimate of drug-likeness (QED) is 0.843. The van der Waals surface area contributed by atoms with Crippen LogP contribution in [0, 0.1) is 6.92 Å². The molecule has 0 atom stereocenters. The number of aromatic carboxylic acids is 1. The molecule has 0 amide bonds. The van der Waals surface area contributed by atoms with Crippen LogP contribution in [-0.4, -0.2) is 20.9 Å². The normalized spacial score (nSPS) is 11.2. The molecule has 1 N–H and O–H groups in total. The van der Waals surface area contributed by atoms with E-state index in [2.05, 4.69) is 5.10 Å². The number of carboxylic acid groups (broad SMARTS) is 1. The first-order valence-corrected chi connectivity index (χ1v) is 5.23. The Hall–Kier alpha value is -1.84. The maximum Gasteiger partial charge on any atom is 0.337 e. The number of carboxylic acids is 1. The molecule has 2 rings (SSSR count). The van der Waals surface area contributed by atoms with Crippen molar-refractivity contribution in [2.24, 2.45) is 0 Å². The molecule has 0 radical (unpaired) electrons. The summed E-state index contributed by atoms with van der Waals surface area (Å²) >= 11 is 0. The summed E-state index contributed by atoms with van der Waals surface area (Å²) in [5.41, 5.74) is 1.89. The molecule has 0 saturated heterocycles. The Morgan fingerprint density at radius 3 is 2.69 bits per heavy atom. The minimum atomic E-state index is -0.910.